The van der Waals surface area contributed by atoms with Crippen LogP contribution in [0, 0.1) is 6.92 Å². The van der Waals surface area contributed by atoms with Gasteiger partial charge < -0.3 is 24.7 Å². The number of nitrogens with zero attached hydrogens (tertiary/aromatic N) is 4. The number of halogens is 1. The van der Waals surface area contributed by atoms with Gasteiger partial charge in [-0.05, 0) is 25.0 Å². The molecule has 2 aromatic rings. The fraction of sp³-hybridized carbons (Fsp3) is 0.550. The first-order chi connectivity index (χ1) is 13.7. The van der Waals surface area contributed by atoms with E-state index < -0.39 is 0 Å². The molecule has 0 unspecified atom stereocenters. The highest BCUT2D eigenvalue weighted by molar-refractivity contribution is 14.0. The molecule has 0 fully saturated rings. The van der Waals surface area contributed by atoms with Gasteiger partial charge in [0.2, 0.25) is 0 Å². The maximum absolute atomic E-state index is 5.95. The Bertz CT molecular complexity index is 808. The number of ether oxygens (including phenoxy) is 2. The summed E-state index contributed by atoms with van der Waals surface area (Å²) in [6, 6.07) is 6.25. The molecule has 0 atom stereocenters. The molecule has 29 heavy (non-hydrogen) atoms. The summed E-state index contributed by atoms with van der Waals surface area (Å²) in [4.78, 5) is 4.31. The molecular weight excluding hydrogens is 483 g/mol. The van der Waals surface area contributed by atoms with Gasteiger partial charge in [-0.3, -0.25) is 4.99 Å². The van der Waals surface area contributed by atoms with E-state index in [1.54, 1.807) is 14.2 Å². The van der Waals surface area contributed by atoms with Gasteiger partial charge in [0.25, 0.3) is 0 Å². The molecule has 0 saturated heterocycles. The van der Waals surface area contributed by atoms with Gasteiger partial charge in [0.15, 0.2) is 11.8 Å². The summed E-state index contributed by atoms with van der Waals surface area (Å²) in [7, 11) is 3.47. The molecule has 9 heteroatoms. The van der Waals surface area contributed by atoms with Crippen molar-refractivity contribution in [2.45, 2.75) is 45.8 Å². The minimum absolute atomic E-state index is 0. The third-order valence-corrected chi connectivity index (χ3v) is 4.74. The van der Waals surface area contributed by atoms with Gasteiger partial charge in [-0.2, -0.15) is 0 Å². The highest BCUT2D eigenvalue weighted by Crippen LogP contribution is 2.20. The van der Waals surface area contributed by atoms with Crippen molar-refractivity contribution < 1.29 is 9.47 Å². The van der Waals surface area contributed by atoms with Crippen molar-refractivity contribution in [1.82, 2.24) is 25.4 Å². The number of hydrogen-bond donors (Lipinski definition) is 2. The third kappa shape index (κ3) is 6.56. The van der Waals surface area contributed by atoms with Crippen molar-refractivity contribution in [2.75, 3.05) is 27.4 Å². The van der Waals surface area contributed by atoms with Crippen LogP contribution in [-0.2, 0) is 30.8 Å². The molecule has 3 rings (SSSR count). The Morgan fingerprint density at radius 2 is 2.03 bits per heavy atom. The molecule has 1 aliphatic rings. The number of aromatic nitrogens is 3. The van der Waals surface area contributed by atoms with E-state index in [9.17, 15) is 0 Å². The van der Waals surface area contributed by atoms with E-state index in [4.69, 9.17) is 9.47 Å². The summed E-state index contributed by atoms with van der Waals surface area (Å²) in [5, 5.41) is 15.2. The van der Waals surface area contributed by atoms with Crippen LogP contribution in [0.5, 0.6) is 5.75 Å². The number of hydrogen-bond acceptors (Lipinski definition) is 5. The zero-order valence-electron chi connectivity index (χ0n) is 17.4. The molecule has 1 aliphatic heterocycles. The summed E-state index contributed by atoms with van der Waals surface area (Å²) < 4.78 is 13.2. The first-order valence-electron chi connectivity index (χ1n) is 9.78. The minimum atomic E-state index is 0. The molecule has 0 saturated carbocycles. The van der Waals surface area contributed by atoms with Crippen LogP contribution in [0.2, 0.25) is 0 Å². The van der Waals surface area contributed by atoms with Gasteiger partial charge in [0.1, 0.15) is 11.6 Å². The summed E-state index contributed by atoms with van der Waals surface area (Å²) in [6.45, 7) is 5.62. The third-order valence-electron chi connectivity index (χ3n) is 4.74. The number of aryl methyl sites for hydroxylation is 2. The van der Waals surface area contributed by atoms with Crippen LogP contribution in [0.15, 0.2) is 23.2 Å². The van der Waals surface area contributed by atoms with E-state index in [2.05, 4.69) is 55.5 Å². The van der Waals surface area contributed by atoms with Crippen LogP contribution in [0.4, 0.5) is 0 Å². The standard InChI is InChI=1S/C20H30N6O2.HI/c1-15-7-8-16(17(12-15)28-11-5-10-27-3)13-22-20(21-2)23-14-19-25-24-18-6-4-9-26(18)19;/h7-8,12H,4-6,9-11,13-14H2,1-3H3,(H2,21,22,23);1H. The molecule has 2 N–H and O–H groups in total. The van der Waals surface area contributed by atoms with Gasteiger partial charge >= 0.3 is 0 Å². The molecular formula is C20H31IN6O2. The minimum Gasteiger partial charge on any atom is -0.493 e. The maximum atomic E-state index is 5.95. The lowest BCUT2D eigenvalue weighted by Crippen LogP contribution is -2.37. The quantitative estimate of drug-likeness (QED) is 0.232. The lowest BCUT2D eigenvalue weighted by molar-refractivity contribution is 0.171. The van der Waals surface area contributed by atoms with Crippen LogP contribution in [0.1, 0.15) is 35.6 Å². The Balaban J connectivity index is 0.00000300. The Hall–Kier alpha value is -1.88. The average Bonchev–Trinajstić information content (AvgIpc) is 3.31. The van der Waals surface area contributed by atoms with Gasteiger partial charge in [-0.1, -0.05) is 12.1 Å². The molecule has 0 amide bonds. The van der Waals surface area contributed by atoms with Crippen LogP contribution < -0.4 is 15.4 Å². The van der Waals surface area contributed by atoms with Crippen molar-refractivity contribution in [2.24, 2.45) is 4.99 Å². The monoisotopic (exact) mass is 514 g/mol. The fourth-order valence-corrected chi connectivity index (χ4v) is 3.23. The highest BCUT2D eigenvalue weighted by atomic mass is 127. The molecule has 8 nitrogen and oxygen atoms in total. The predicted octanol–water partition coefficient (Wildman–Crippen LogP) is 2.43. The van der Waals surface area contributed by atoms with Crippen molar-refractivity contribution in [3.63, 3.8) is 0 Å². The second-order valence-corrected chi connectivity index (χ2v) is 6.87. The number of rotatable bonds is 9. The van der Waals surface area contributed by atoms with E-state index in [-0.39, 0.29) is 24.0 Å². The molecule has 2 heterocycles. The molecule has 0 radical (unpaired) electrons. The van der Waals surface area contributed by atoms with Gasteiger partial charge in [-0.15, -0.1) is 34.2 Å². The van der Waals surface area contributed by atoms with Crippen LogP contribution in [0.3, 0.4) is 0 Å². The van der Waals surface area contributed by atoms with Gasteiger partial charge in [-0.25, -0.2) is 0 Å². The smallest absolute Gasteiger partial charge is 0.191 e. The summed E-state index contributed by atoms with van der Waals surface area (Å²) in [5.41, 5.74) is 2.27. The molecule has 0 spiro atoms. The number of aliphatic imine (C=N–C) groups is 1. The zero-order chi connectivity index (χ0) is 19.8. The van der Waals surface area contributed by atoms with E-state index in [0.717, 1.165) is 54.7 Å². The van der Waals surface area contributed by atoms with Crippen molar-refractivity contribution in [3.8, 4) is 5.75 Å². The number of guanidine groups is 1. The molecule has 0 bridgehead atoms. The predicted molar refractivity (Wildman–Crippen MR) is 124 cm³/mol. The number of methoxy groups -OCH3 is 1. The first kappa shape index (κ1) is 23.4. The summed E-state index contributed by atoms with van der Waals surface area (Å²) in [5.74, 6) is 3.65. The molecule has 1 aromatic carbocycles. The topological polar surface area (TPSA) is 85.6 Å². The van der Waals surface area contributed by atoms with E-state index in [0.29, 0.717) is 26.3 Å². The fourth-order valence-electron chi connectivity index (χ4n) is 3.23. The number of fused-ring (bicyclic) bond motifs is 1. The van der Waals surface area contributed by atoms with Crippen molar-refractivity contribution in [3.05, 3.63) is 41.0 Å². The van der Waals surface area contributed by atoms with Crippen LogP contribution >= 0.6 is 24.0 Å². The van der Waals surface area contributed by atoms with E-state index in [1.807, 2.05) is 0 Å². The first-order valence-corrected chi connectivity index (χ1v) is 9.78. The number of benzene rings is 1. The summed E-state index contributed by atoms with van der Waals surface area (Å²) >= 11 is 0. The van der Waals surface area contributed by atoms with Gasteiger partial charge in [0, 0.05) is 52.3 Å². The Morgan fingerprint density at radius 1 is 1.21 bits per heavy atom. The maximum Gasteiger partial charge on any atom is 0.191 e. The van der Waals surface area contributed by atoms with Crippen molar-refractivity contribution >= 4 is 29.9 Å². The Morgan fingerprint density at radius 3 is 2.83 bits per heavy atom. The second kappa shape index (κ2) is 12.0. The van der Waals surface area contributed by atoms with E-state index in [1.165, 1.54) is 5.56 Å². The largest absolute Gasteiger partial charge is 0.493 e. The van der Waals surface area contributed by atoms with Crippen LogP contribution in [0.25, 0.3) is 0 Å². The lowest BCUT2D eigenvalue weighted by atomic mass is 10.1. The molecule has 160 valence electrons. The molecule has 0 aliphatic carbocycles. The van der Waals surface area contributed by atoms with Crippen molar-refractivity contribution in [1.29, 1.82) is 0 Å². The summed E-state index contributed by atoms with van der Waals surface area (Å²) in [6.07, 6.45) is 3.02. The lowest BCUT2D eigenvalue weighted by Gasteiger charge is -2.15. The average molecular weight is 514 g/mol. The van der Waals surface area contributed by atoms with Crippen LogP contribution in [-0.4, -0.2) is 48.1 Å². The second-order valence-electron chi connectivity index (χ2n) is 6.87. The molecule has 1 aromatic heterocycles. The highest BCUT2D eigenvalue weighted by Gasteiger charge is 2.17. The zero-order valence-corrected chi connectivity index (χ0v) is 19.7. The van der Waals surface area contributed by atoms with Gasteiger partial charge in [0.05, 0.1) is 13.2 Å². The Kier molecular flexibility index (Phi) is 9.65. The Labute approximate surface area is 189 Å². The normalized spacial score (nSPS) is 13.0. The van der Waals surface area contributed by atoms with E-state index >= 15 is 0 Å². The number of nitrogens with one attached hydrogen (secondary N) is 2. The SMILES string of the molecule is CN=C(NCc1ccc(C)cc1OCCCOC)NCc1nnc2n1CCC2.I.